The van der Waals surface area contributed by atoms with E-state index in [1.807, 2.05) is 54.0 Å². The second-order valence-corrected chi connectivity index (χ2v) is 9.46. The number of aromatic nitrogens is 3. The Morgan fingerprint density at radius 2 is 1.66 bits per heavy atom. The van der Waals surface area contributed by atoms with E-state index in [-0.39, 0.29) is 11.7 Å². The van der Waals surface area contributed by atoms with Gasteiger partial charge in [0.25, 0.3) is 0 Å². The van der Waals surface area contributed by atoms with Gasteiger partial charge in [-0.3, -0.25) is 9.36 Å². The van der Waals surface area contributed by atoms with Crippen LogP contribution in [0.25, 0.3) is 17.1 Å². The van der Waals surface area contributed by atoms with Gasteiger partial charge < -0.3 is 5.32 Å². The number of benzene rings is 3. The quantitative estimate of drug-likeness (QED) is 0.309. The van der Waals surface area contributed by atoms with Crippen molar-refractivity contribution in [1.29, 1.82) is 0 Å². The fraction of sp³-hybridized carbons (Fsp3) is 0.160. The van der Waals surface area contributed by atoms with Gasteiger partial charge in [-0.1, -0.05) is 59.3 Å². The van der Waals surface area contributed by atoms with Crippen LogP contribution in [0.1, 0.15) is 16.7 Å². The van der Waals surface area contributed by atoms with Gasteiger partial charge in [0, 0.05) is 15.7 Å². The van der Waals surface area contributed by atoms with E-state index in [1.165, 1.54) is 17.3 Å². The summed E-state index contributed by atoms with van der Waals surface area (Å²) in [6.45, 7) is 6.12. The molecule has 0 atom stereocenters. The second kappa shape index (κ2) is 9.71. The lowest BCUT2D eigenvalue weighted by atomic mass is 10.1. The van der Waals surface area contributed by atoms with Gasteiger partial charge in [-0.05, 0) is 72.6 Å². The number of anilines is 1. The molecule has 7 heteroatoms. The number of rotatable bonds is 6. The highest BCUT2D eigenvalue weighted by molar-refractivity contribution is 9.10. The van der Waals surface area contributed by atoms with E-state index in [4.69, 9.17) is 0 Å². The van der Waals surface area contributed by atoms with Crippen molar-refractivity contribution >= 4 is 39.3 Å². The number of hydrogen-bond donors (Lipinski definition) is 1. The Kier molecular flexibility index (Phi) is 6.77. The number of aryl methyl sites for hydroxylation is 3. The average Bonchev–Trinajstić information content (AvgIpc) is 3.19. The van der Waals surface area contributed by atoms with E-state index in [0.717, 1.165) is 38.4 Å². The molecule has 1 amide bonds. The first-order chi connectivity index (χ1) is 15.4. The average molecular weight is 507 g/mol. The molecule has 0 spiro atoms. The number of carbonyl (C=O) groups is 1. The normalized spacial score (nSPS) is 10.9. The minimum atomic E-state index is -0.102. The molecular formula is C25H23BrN4OS. The number of halogens is 1. The van der Waals surface area contributed by atoms with Crippen molar-refractivity contribution < 1.29 is 4.79 Å². The lowest BCUT2D eigenvalue weighted by Crippen LogP contribution is -2.15. The van der Waals surface area contributed by atoms with Crippen LogP contribution in [0.15, 0.2) is 76.4 Å². The van der Waals surface area contributed by atoms with E-state index in [9.17, 15) is 4.79 Å². The lowest BCUT2D eigenvalue weighted by Gasteiger charge is -2.12. The summed E-state index contributed by atoms with van der Waals surface area (Å²) in [6.07, 6.45) is 0. The topological polar surface area (TPSA) is 59.8 Å². The van der Waals surface area contributed by atoms with Gasteiger partial charge in [-0.15, -0.1) is 10.2 Å². The summed E-state index contributed by atoms with van der Waals surface area (Å²) in [4.78, 5) is 12.6. The molecule has 0 bridgehead atoms. The smallest absolute Gasteiger partial charge is 0.234 e. The Morgan fingerprint density at radius 1 is 0.938 bits per heavy atom. The molecule has 0 radical (unpaired) electrons. The molecule has 4 rings (SSSR count). The Balaban J connectivity index is 1.60. The molecule has 0 aliphatic heterocycles. The molecular weight excluding hydrogens is 484 g/mol. The molecule has 5 nitrogen and oxygen atoms in total. The number of thioether (sulfide) groups is 1. The van der Waals surface area contributed by atoms with Crippen LogP contribution in [0.2, 0.25) is 0 Å². The van der Waals surface area contributed by atoms with Gasteiger partial charge >= 0.3 is 0 Å². The third-order valence-electron chi connectivity index (χ3n) is 4.93. The van der Waals surface area contributed by atoms with Crippen LogP contribution in [0.4, 0.5) is 5.69 Å². The molecule has 3 aromatic carbocycles. The first-order valence-electron chi connectivity index (χ1n) is 10.2. The van der Waals surface area contributed by atoms with Crippen LogP contribution in [0.5, 0.6) is 0 Å². The highest BCUT2D eigenvalue weighted by Gasteiger charge is 2.18. The summed E-state index contributed by atoms with van der Waals surface area (Å²) < 4.78 is 2.87. The van der Waals surface area contributed by atoms with E-state index in [0.29, 0.717) is 5.16 Å². The fourth-order valence-electron chi connectivity index (χ4n) is 3.30. The van der Waals surface area contributed by atoms with Gasteiger partial charge in [-0.2, -0.15) is 0 Å². The zero-order valence-corrected chi connectivity index (χ0v) is 20.5. The van der Waals surface area contributed by atoms with Crippen molar-refractivity contribution in [2.75, 3.05) is 11.1 Å². The maximum absolute atomic E-state index is 12.6. The maximum atomic E-state index is 12.6. The summed E-state index contributed by atoms with van der Waals surface area (Å²) in [5, 5.41) is 12.5. The minimum Gasteiger partial charge on any atom is -0.324 e. The van der Waals surface area contributed by atoms with Crippen molar-refractivity contribution in [3.05, 3.63) is 87.9 Å². The zero-order valence-electron chi connectivity index (χ0n) is 18.1. The molecule has 162 valence electrons. The third-order valence-corrected chi connectivity index (χ3v) is 6.52. The van der Waals surface area contributed by atoms with E-state index < -0.39 is 0 Å². The second-order valence-electron chi connectivity index (χ2n) is 7.67. The summed E-state index contributed by atoms with van der Waals surface area (Å²) >= 11 is 4.87. The maximum Gasteiger partial charge on any atom is 0.234 e. The van der Waals surface area contributed by atoms with Gasteiger partial charge in [0.1, 0.15) is 0 Å². The molecule has 0 fully saturated rings. The minimum absolute atomic E-state index is 0.102. The first kappa shape index (κ1) is 22.3. The third kappa shape index (κ3) is 5.11. The predicted octanol–water partition coefficient (Wildman–Crippen LogP) is 6.35. The van der Waals surface area contributed by atoms with Gasteiger partial charge in [0.2, 0.25) is 5.91 Å². The lowest BCUT2D eigenvalue weighted by molar-refractivity contribution is -0.113. The summed E-state index contributed by atoms with van der Waals surface area (Å²) in [5.74, 6) is 0.870. The summed E-state index contributed by atoms with van der Waals surface area (Å²) in [5.41, 5.74) is 6.15. The molecule has 0 aliphatic carbocycles. The number of carbonyl (C=O) groups excluding carboxylic acids is 1. The number of nitrogens with one attached hydrogen (secondary N) is 1. The van der Waals surface area contributed by atoms with Crippen LogP contribution in [-0.2, 0) is 4.79 Å². The molecule has 0 saturated heterocycles. The van der Waals surface area contributed by atoms with E-state index in [1.54, 1.807) is 0 Å². The van der Waals surface area contributed by atoms with E-state index in [2.05, 4.69) is 69.6 Å². The molecule has 1 heterocycles. The monoisotopic (exact) mass is 506 g/mol. The molecule has 1 aromatic heterocycles. The van der Waals surface area contributed by atoms with Crippen molar-refractivity contribution in [3.63, 3.8) is 0 Å². The summed E-state index contributed by atoms with van der Waals surface area (Å²) in [6, 6.07) is 22.2. The van der Waals surface area contributed by atoms with Gasteiger partial charge in [-0.25, -0.2) is 0 Å². The number of amides is 1. The molecule has 0 saturated carbocycles. The van der Waals surface area contributed by atoms with Crippen LogP contribution in [0, 0.1) is 20.8 Å². The standard InChI is InChI=1S/C25H23BrN4OS/c1-16-7-10-20(11-8-16)30-24(19-6-4-5-17(2)13-19)28-29-25(30)32-15-23(31)27-22-12-9-18(3)14-21(22)26/h4-14H,15H2,1-3H3,(H,27,31). The Labute approximate surface area is 200 Å². The van der Waals surface area contributed by atoms with Crippen molar-refractivity contribution in [3.8, 4) is 17.1 Å². The van der Waals surface area contributed by atoms with Crippen LogP contribution < -0.4 is 5.32 Å². The fourth-order valence-corrected chi connectivity index (χ4v) is 4.64. The van der Waals surface area contributed by atoms with Gasteiger partial charge in [0.15, 0.2) is 11.0 Å². The molecule has 1 N–H and O–H groups in total. The predicted molar refractivity (Wildman–Crippen MR) is 135 cm³/mol. The van der Waals surface area contributed by atoms with E-state index >= 15 is 0 Å². The largest absolute Gasteiger partial charge is 0.324 e. The summed E-state index contributed by atoms with van der Waals surface area (Å²) in [7, 11) is 0. The van der Waals surface area contributed by atoms with Crippen molar-refractivity contribution in [2.24, 2.45) is 0 Å². The highest BCUT2D eigenvalue weighted by Crippen LogP contribution is 2.29. The first-order valence-corrected chi connectivity index (χ1v) is 12.0. The number of nitrogens with zero attached hydrogens (tertiary/aromatic N) is 3. The Morgan fingerprint density at radius 3 is 2.38 bits per heavy atom. The Hall–Kier alpha value is -2.90. The molecule has 32 heavy (non-hydrogen) atoms. The zero-order chi connectivity index (χ0) is 22.7. The highest BCUT2D eigenvalue weighted by atomic mass is 79.9. The van der Waals surface area contributed by atoms with Gasteiger partial charge in [0.05, 0.1) is 11.4 Å². The molecule has 4 aromatic rings. The Bertz CT molecular complexity index is 1270. The van der Waals surface area contributed by atoms with Crippen LogP contribution >= 0.6 is 27.7 Å². The number of hydrogen-bond acceptors (Lipinski definition) is 4. The van der Waals surface area contributed by atoms with Crippen LogP contribution in [0.3, 0.4) is 0 Å². The SMILES string of the molecule is Cc1ccc(-n2c(SCC(=O)Nc3ccc(C)cc3Br)nnc2-c2cccc(C)c2)cc1. The molecule has 0 aliphatic rings. The molecule has 0 unspecified atom stereocenters. The van der Waals surface area contributed by atoms with Crippen LogP contribution in [-0.4, -0.2) is 26.4 Å². The van der Waals surface area contributed by atoms with Crippen molar-refractivity contribution in [2.45, 2.75) is 25.9 Å². The van der Waals surface area contributed by atoms with Crippen molar-refractivity contribution in [1.82, 2.24) is 14.8 Å².